The highest BCUT2D eigenvalue weighted by Crippen LogP contribution is 2.51. The van der Waals surface area contributed by atoms with E-state index in [1.807, 2.05) is 11.0 Å². The molecule has 0 N–H and O–H groups in total. The molecule has 1 amide bonds. The van der Waals surface area contributed by atoms with E-state index >= 15 is 0 Å². The van der Waals surface area contributed by atoms with E-state index in [9.17, 15) is 9.18 Å². The second kappa shape index (κ2) is 7.04. The minimum absolute atomic E-state index is 0.129. The minimum atomic E-state index is -0.272. The van der Waals surface area contributed by atoms with Gasteiger partial charge in [-0.15, -0.1) is 0 Å². The number of hydrogen-bond donors (Lipinski definition) is 0. The number of rotatable bonds is 3. The third-order valence-electron chi connectivity index (χ3n) is 6.32. The van der Waals surface area contributed by atoms with Gasteiger partial charge in [0.05, 0.1) is 19.6 Å². The molecule has 1 saturated carbocycles. The lowest BCUT2D eigenvalue weighted by molar-refractivity contribution is -0.135. The van der Waals surface area contributed by atoms with E-state index in [-0.39, 0.29) is 11.7 Å². The Morgan fingerprint density at radius 2 is 1.88 bits per heavy atom. The normalized spacial score (nSPS) is 24.3. The van der Waals surface area contributed by atoms with E-state index in [1.165, 1.54) is 25.0 Å². The number of piperidine rings is 1. The molecule has 0 unspecified atom stereocenters. The van der Waals surface area contributed by atoms with E-state index in [0.29, 0.717) is 11.8 Å². The van der Waals surface area contributed by atoms with Crippen LogP contribution < -0.4 is 0 Å². The summed E-state index contributed by atoms with van der Waals surface area (Å²) in [7, 11) is 0. The summed E-state index contributed by atoms with van der Waals surface area (Å²) in [4.78, 5) is 17.0. The Kier molecular flexibility index (Phi) is 4.78. The Balaban J connectivity index is 1.25. The predicted molar refractivity (Wildman–Crippen MR) is 93.8 cm³/mol. The first-order chi connectivity index (χ1) is 12.1. The second-order valence-corrected chi connectivity index (χ2v) is 7.90. The Hall–Kier alpha value is -1.46. The summed E-state index contributed by atoms with van der Waals surface area (Å²) in [6.07, 6.45) is 5.09. The van der Waals surface area contributed by atoms with Crippen molar-refractivity contribution in [2.24, 2.45) is 5.41 Å². The van der Waals surface area contributed by atoms with Crippen molar-refractivity contribution in [3.8, 4) is 0 Å². The fraction of sp³-hybridized carbons (Fsp3) is 0.650. The maximum atomic E-state index is 13.3. The minimum Gasteiger partial charge on any atom is -0.379 e. The maximum Gasteiger partial charge on any atom is 0.226 e. The van der Waals surface area contributed by atoms with Crippen molar-refractivity contribution in [3.63, 3.8) is 0 Å². The first-order valence-electron chi connectivity index (χ1n) is 9.48. The van der Waals surface area contributed by atoms with Crippen LogP contribution in [0.3, 0.4) is 0 Å². The van der Waals surface area contributed by atoms with E-state index in [4.69, 9.17) is 4.74 Å². The van der Waals surface area contributed by atoms with Crippen molar-refractivity contribution in [2.75, 3.05) is 39.4 Å². The van der Waals surface area contributed by atoms with Gasteiger partial charge in [0.25, 0.3) is 0 Å². The van der Waals surface area contributed by atoms with Crippen molar-refractivity contribution >= 4 is 5.91 Å². The lowest BCUT2D eigenvalue weighted by atomic mass is 9.60. The van der Waals surface area contributed by atoms with Crippen LogP contribution in [0, 0.1) is 11.2 Å². The van der Waals surface area contributed by atoms with Gasteiger partial charge in [-0.25, -0.2) is 4.39 Å². The van der Waals surface area contributed by atoms with E-state index in [0.717, 1.165) is 63.8 Å². The van der Waals surface area contributed by atoms with Crippen LogP contribution in [0.25, 0.3) is 0 Å². The summed E-state index contributed by atoms with van der Waals surface area (Å²) >= 11 is 0. The Bertz CT molecular complexity index is 614. The number of carbonyl (C=O) groups excluding carboxylic acids is 1. The van der Waals surface area contributed by atoms with Gasteiger partial charge >= 0.3 is 0 Å². The largest absolute Gasteiger partial charge is 0.379 e. The monoisotopic (exact) mass is 346 g/mol. The third-order valence-corrected chi connectivity index (χ3v) is 6.32. The highest BCUT2D eigenvalue weighted by atomic mass is 19.1. The molecule has 1 aromatic carbocycles. The topological polar surface area (TPSA) is 32.8 Å². The number of amides is 1. The zero-order valence-electron chi connectivity index (χ0n) is 14.8. The van der Waals surface area contributed by atoms with Crippen LogP contribution in [-0.2, 0) is 16.0 Å². The van der Waals surface area contributed by atoms with Gasteiger partial charge in [0.1, 0.15) is 5.82 Å². The summed E-state index contributed by atoms with van der Waals surface area (Å²) in [5.74, 6) is -0.143. The van der Waals surface area contributed by atoms with Crippen molar-refractivity contribution in [2.45, 2.75) is 38.1 Å². The molecule has 4 rings (SSSR count). The van der Waals surface area contributed by atoms with Crippen molar-refractivity contribution < 1.29 is 13.9 Å². The fourth-order valence-corrected chi connectivity index (χ4v) is 4.71. The average molecular weight is 346 g/mol. The van der Waals surface area contributed by atoms with E-state index < -0.39 is 0 Å². The van der Waals surface area contributed by atoms with Crippen molar-refractivity contribution in [3.05, 3.63) is 35.6 Å². The van der Waals surface area contributed by atoms with Gasteiger partial charge in [0.15, 0.2) is 0 Å². The molecule has 0 bridgehead atoms. The van der Waals surface area contributed by atoms with Gasteiger partial charge in [-0.3, -0.25) is 9.69 Å². The highest BCUT2D eigenvalue weighted by molar-refractivity contribution is 5.78. The maximum absolute atomic E-state index is 13.3. The van der Waals surface area contributed by atoms with Crippen LogP contribution in [0.5, 0.6) is 0 Å². The number of carbonyl (C=O) groups is 1. The quantitative estimate of drug-likeness (QED) is 0.843. The molecule has 2 aliphatic heterocycles. The van der Waals surface area contributed by atoms with Gasteiger partial charge in [0.2, 0.25) is 5.91 Å². The van der Waals surface area contributed by atoms with Crippen LogP contribution in [0.15, 0.2) is 24.3 Å². The highest BCUT2D eigenvalue weighted by Gasteiger charge is 2.48. The Morgan fingerprint density at radius 3 is 2.56 bits per heavy atom. The zero-order chi connectivity index (χ0) is 17.3. The summed E-state index contributed by atoms with van der Waals surface area (Å²) in [6.45, 7) is 5.57. The first kappa shape index (κ1) is 17.0. The van der Waals surface area contributed by atoms with Gasteiger partial charge in [0, 0.05) is 32.2 Å². The number of nitrogens with zero attached hydrogens (tertiary/aromatic N) is 2. The molecule has 3 aliphatic rings. The molecule has 0 atom stereocenters. The number of morpholine rings is 1. The Labute approximate surface area is 148 Å². The molecule has 1 spiro atoms. The number of hydrogen-bond acceptors (Lipinski definition) is 3. The number of benzene rings is 1. The summed E-state index contributed by atoms with van der Waals surface area (Å²) < 4.78 is 18.7. The van der Waals surface area contributed by atoms with Crippen LogP contribution in [0.2, 0.25) is 0 Å². The molecule has 25 heavy (non-hydrogen) atoms. The summed E-state index contributed by atoms with van der Waals surface area (Å²) in [5.41, 5.74) is 1.22. The zero-order valence-corrected chi connectivity index (χ0v) is 14.8. The molecular weight excluding hydrogens is 319 g/mol. The van der Waals surface area contributed by atoms with E-state index in [2.05, 4.69) is 4.90 Å². The van der Waals surface area contributed by atoms with Crippen LogP contribution in [0.4, 0.5) is 4.39 Å². The smallest absolute Gasteiger partial charge is 0.226 e. The molecule has 1 aliphatic carbocycles. The number of likely N-dealkylation sites (tertiary alicyclic amines) is 1. The second-order valence-electron chi connectivity index (χ2n) is 7.90. The molecule has 3 fully saturated rings. The van der Waals surface area contributed by atoms with Gasteiger partial charge in [-0.1, -0.05) is 12.1 Å². The number of ether oxygens (including phenoxy) is 1. The van der Waals surface area contributed by atoms with Crippen LogP contribution in [-0.4, -0.2) is 61.1 Å². The molecule has 2 saturated heterocycles. The fourth-order valence-electron chi connectivity index (χ4n) is 4.71. The molecule has 1 aromatic rings. The third kappa shape index (κ3) is 3.72. The van der Waals surface area contributed by atoms with Crippen LogP contribution >= 0.6 is 0 Å². The van der Waals surface area contributed by atoms with Gasteiger partial charge in [-0.05, 0) is 48.8 Å². The molecule has 136 valence electrons. The molecule has 4 nitrogen and oxygen atoms in total. The Morgan fingerprint density at radius 1 is 1.16 bits per heavy atom. The lowest BCUT2D eigenvalue weighted by Gasteiger charge is -2.55. The molecule has 2 heterocycles. The summed E-state index contributed by atoms with van der Waals surface area (Å²) in [6, 6.07) is 7.09. The predicted octanol–water partition coefficient (Wildman–Crippen LogP) is 2.47. The molecule has 0 aromatic heterocycles. The first-order valence-corrected chi connectivity index (χ1v) is 9.48. The van der Waals surface area contributed by atoms with Crippen LogP contribution in [0.1, 0.15) is 31.2 Å². The van der Waals surface area contributed by atoms with Gasteiger partial charge < -0.3 is 9.64 Å². The van der Waals surface area contributed by atoms with Crippen molar-refractivity contribution in [1.82, 2.24) is 9.80 Å². The average Bonchev–Trinajstić information content (AvgIpc) is 2.60. The molecule has 5 heteroatoms. The molecule has 0 radical (unpaired) electrons. The van der Waals surface area contributed by atoms with E-state index in [1.54, 1.807) is 6.07 Å². The van der Waals surface area contributed by atoms with Gasteiger partial charge in [-0.2, -0.15) is 0 Å². The molecular formula is C20H27FN2O2. The SMILES string of the molecule is O=C(Cc1cccc(F)c1)N1CCC2(CC1)CC(N1CCOCC1)C2. The lowest BCUT2D eigenvalue weighted by Crippen LogP contribution is -2.57. The number of halogens is 1. The van der Waals surface area contributed by atoms with Crippen molar-refractivity contribution in [1.29, 1.82) is 0 Å². The standard InChI is InChI=1S/C20H27FN2O2/c21-17-3-1-2-16(12-17)13-19(24)23-6-4-20(5-7-23)14-18(15-20)22-8-10-25-11-9-22/h1-3,12,18H,4-11,13-15H2. The summed E-state index contributed by atoms with van der Waals surface area (Å²) in [5, 5.41) is 0.